The molecule has 0 radical (unpaired) electrons. The summed E-state index contributed by atoms with van der Waals surface area (Å²) in [5.41, 5.74) is -0.165. The van der Waals surface area contributed by atoms with Gasteiger partial charge in [-0.2, -0.15) is 0 Å². The Morgan fingerprint density at radius 1 is 1.28 bits per heavy atom. The summed E-state index contributed by atoms with van der Waals surface area (Å²) in [4.78, 5) is 26.0. The van der Waals surface area contributed by atoms with E-state index in [-0.39, 0.29) is 29.3 Å². The van der Waals surface area contributed by atoms with Gasteiger partial charge in [0.1, 0.15) is 6.04 Å². The highest BCUT2D eigenvalue weighted by Crippen LogP contribution is 2.25. The van der Waals surface area contributed by atoms with Crippen molar-refractivity contribution in [1.82, 2.24) is 15.5 Å². The van der Waals surface area contributed by atoms with Crippen LogP contribution in [0.3, 0.4) is 0 Å². The van der Waals surface area contributed by atoms with Crippen molar-refractivity contribution in [1.29, 1.82) is 0 Å². The fourth-order valence-corrected chi connectivity index (χ4v) is 2.56. The molecule has 0 aromatic carbocycles. The average molecular weight is 255 g/mol. The number of carbonyl (C=O) groups is 2. The zero-order chi connectivity index (χ0) is 13.9. The summed E-state index contributed by atoms with van der Waals surface area (Å²) in [5, 5.41) is 5.71. The topological polar surface area (TPSA) is 61.4 Å². The summed E-state index contributed by atoms with van der Waals surface area (Å²) in [6.07, 6.45) is 1.65. The molecule has 1 fully saturated rings. The molecule has 5 heteroatoms. The van der Waals surface area contributed by atoms with E-state index < -0.39 is 0 Å². The molecule has 2 atom stereocenters. The number of hydrogen-bond donors (Lipinski definition) is 2. The van der Waals surface area contributed by atoms with Gasteiger partial charge in [-0.15, -0.1) is 0 Å². The summed E-state index contributed by atoms with van der Waals surface area (Å²) in [7, 11) is 3.40. The second kappa shape index (κ2) is 5.69. The molecule has 18 heavy (non-hydrogen) atoms. The van der Waals surface area contributed by atoms with E-state index in [1.807, 2.05) is 20.8 Å². The van der Waals surface area contributed by atoms with Crippen molar-refractivity contribution in [3.8, 4) is 0 Å². The van der Waals surface area contributed by atoms with Crippen LogP contribution in [0.2, 0.25) is 0 Å². The Morgan fingerprint density at radius 2 is 1.89 bits per heavy atom. The minimum Gasteiger partial charge on any atom is -0.357 e. The zero-order valence-electron chi connectivity index (χ0n) is 12.0. The lowest BCUT2D eigenvalue weighted by molar-refractivity contribution is -0.141. The third-order valence-corrected chi connectivity index (χ3v) is 3.49. The molecule has 104 valence electrons. The van der Waals surface area contributed by atoms with Gasteiger partial charge in [-0.3, -0.25) is 9.59 Å². The highest BCUT2D eigenvalue weighted by Gasteiger charge is 2.39. The predicted molar refractivity (Wildman–Crippen MR) is 71.1 cm³/mol. The molecule has 1 rings (SSSR count). The smallest absolute Gasteiger partial charge is 0.242 e. The molecule has 2 N–H and O–H groups in total. The Morgan fingerprint density at radius 3 is 2.33 bits per heavy atom. The largest absolute Gasteiger partial charge is 0.357 e. The number of nitrogens with zero attached hydrogens (tertiary/aromatic N) is 1. The van der Waals surface area contributed by atoms with Gasteiger partial charge >= 0.3 is 0 Å². The molecule has 0 aromatic rings. The summed E-state index contributed by atoms with van der Waals surface area (Å²) in [6, 6.07) is -0.566. The van der Waals surface area contributed by atoms with Gasteiger partial charge in [-0.25, -0.2) is 0 Å². The van der Waals surface area contributed by atoms with Gasteiger partial charge in [0.25, 0.3) is 0 Å². The molecule has 5 nitrogen and oxygen atoms in total. The molecule has 0 spiro atoms. The van der Waals surface area contributed by atoms with E-state index in [9.17, 15) is 9.59 Å². The maximum atomic E-state index is 12.5. The summed E-state index contributed by atoms with van der Waals surface area (Å²) < 4.78 is 0. The van der Waals surface area contributed by atoms with Crippen molar-refractivity contribution < 1.29 is 9.59 Å². The van der Waals surface area contributed by atoms with Crippen LogP contribution in [0.4, 0.5) is 0 Å². The van der Waals surface area contributed by atoms with Crippen LogP contribution in [0.5, 0.6) is 0 Å². The second-order valence-corrected chi connectivity index (χ2v) is 5.89. The highest BCUT2D eigenvalue weighted by atomic mass is 16.2. The first-order chi connectivity index (χ1) is 8.32. The second-order valence-electron chi connectivity index (χ2n) is 5.89. The number of amides is 2. The molecule has 0 saturated carbocycles. The summed E-state index contributed by atoms with van der Waals surface area (Å²) in [5.74, 6) is -0.0410. The van der Waals surface area contributed by atoms with E-state index >= 15 is 0 Å². The van der Waals surface area contributed by atoms with Gasteiger partial charge in [-0.05, 0) is 25.3 Å². The van der Waals surface area contributed by atoms with Crippen molar-refractivity contribution in [3.63, 3.8) is 0 Å². The van der Waals surface area contributed by atoms with Crippen LogP contribution < -0.4 is 10.6 Å². The minimum absolute atomic E-state index is 0.0242. The third kappa shape index (κ3) is 3.02. The van der Waals surface area contributed by atoms with Gasteiger partial charge in [0.05, 0.1) is 6.04 Å². The zero-order valence-corrected chi connectivity index (χ0v) is 12.0. The van der Waals surface area contributed by atoms with Crippen LogP contribution in [0.1, 0.15) is 33.6 Å². The maximum absolute atomic E-state index is 12.5. The maximum Gasteiger partial charge on any atom is 0.242 e. The standard InChI is InChI=1S/C13H25N3O2/c1-13(2,3)10(14-4)12(18)16-8-6-7-9(16)11(17)15-5/h9-10,14H,6-8H2,1-5H3,(H,15,17)/t9-,10?/m0/s1. The van der Waals surface area contributed by atoms with Crippen LogP contribution in [0, 0.1) is 5.41 Å². The first-order valence-corrected chi connectivity index (χ1v) is 6.52. The molecule has 0 bridgehead atoms. The molecule has 1 aliphatic rings. The molecular formula is C13H25N3O2. The molecule has 0 aliphatic carbocycles. The number of nitrogens with one attached hydrogen (secondary N) is 2. The highest BCUT2D eigenvalue weighted by molar-refractivity contribution is 5.90. The van der Waals surface area contributed by atoms with Gasteiger partial charge in [0, 0.05) is 13.6 Å². The number of carbonyl (C=O) groups excluding carboxylic acids is 2. The Balaban J connectivity index is 2.85. The fraction of sp³-hybridized carbons (Fsp3) is 0.846. The Hall–Kier alpha value is -1.10. The van der Waals surface area contributed by atoms with Crippen LogP contribution in [0.25, 0.3) is 0 Å². The van der Waals surface area contributed by atoms with E-state index in [4.69, 9.17) is 0 Å². The molecule has 1 saturated heterocycles. The molecule has 0 aromatic heterocycles. The quantitative estimate of drug-likeness (QED) is 0.765. The average Bonchev–Trinajstić information content (AvgIpc) is 2.75. The monoisotopic (exact) mass is 255 g/mol. The minimum atomic E-state index is -0.305. The Bertz CT molecular complexity index is 323. The summed E-state index contributed by atoms with van der Waals surface area (Å²) in [6.45, 7) is 6.75. The molecule has 1 heterocycles. The van der Waals surface area contributed by atoms with E-state index in [0.717, 1.165) is 12.8 Å². The number of likely N-dealkylation sites (N-methyl/N-ethyl adjacent to an activating group) is 2. The third-order valence-electron chi connectivity index (χ3n) is 3.49. The lowest BCUT2D eigenvalue weighted by atomic mass is 9.86. The van der Waals surface area contributed by atoms with E-state index in [0.29, 0.717) is 6.54 Å². The molecule has 1 aliphatic heterocycles. The van der Waals surface area contributed by atoms with E-state index in [1.165, 1.54) is 0 Å². The number of likely N-dealkylation sites (tertiary alicyclic amines) is 1. The van der Waals surface area contributed by atoms with Crippen LogP contribution >= 0.6 is 0 Å². The molecule has 1 unspecified atom stereocenters. The van der Waals surface area contributed by atoms with Crippen molar-refractivity contribution in [2.24, 2.45) is 5.41 Å². The lowest BCUT2D eigenvalue weighted by Gasteiger charge is -2.34. The SMILES string of the molecule is CNC(=O)[C@@H]1CCCN1C(=O)C(NC)C(C)(C)C. The van der Waals surface area contributed by atoms with Crippen molar-refractivity contribution in [2.75, 3.05) is 20.6 Å². The molecule has 2 amide bonds. The fourth-order valence-electron chi connectivity index (χ4n) is 2.56. The van der Waals surface area contributed by atoms with Crippen LogP contribution in [0.15, 0.2) is 0 Å². The van der Waals surface area contributed by atoms with Gasteiger partial charge in [0.15, 0.2) is 0 Å². The van der Waals surface area contributed by atoms with Gasteiger partial charge in [-0.1, -0.05) is 20.8 Å². The predicted octanol–water partition coefficient (Wildman–Crippen LogP) is 0.358. The lowest BCUT2D eigenvalue weighted by Crippen LogP contribution is -2.55. The van der Waals surface area contributed by atoms with Crippen molar-refractivity contribution in [3.05, 3.63) is 0 Å². The summed E-state index contributed by atoms with van der Waals surface area (Å²) >= 11 is 0. The Kier molecular flexibility index (Phi) is 4.73. The first kappa shape index (κ1) is 15.0. The van der Waals surface area contributed by atoms with Crippen LogP contribution in [-0.2, 0) is 9.59 Å². The van der Waals surface area contributed by atoms with Crippen molar-refractivity contribution in [2.45, 2.75) is 45.7 Å². The van der Waals surface area contributed by atoms with E-state index in [1.54, 1.807) is 19.0 Å². The van der Waals surface area contributed by atoms with Crippen LogP contribution in [-0.4, -0.2) is 49.4 Å². The molecular weight excluding hydrogens is 230 g/mol. The normalized spacial score (nSPS) is 21.8. The van der Waals surface area contributed by atoms with E-state index in [2.05, 4.69) is 10.6 Å². The van der Waals surface area contributed by atoms with Gasteiger partial charge < -0.3 is 15.5 Å². The first-order valence-electron chi connectivity index (χ1n) is 6.52. The Labute approximate surface area is 109 Å². The van der Waals surface area contributed by atoms with Gasteiger partial charge in [0.2, 0.25) is 11.8 Å². The van der Waals surface area contributed by atoms with Crippen molar-refractivity contribution >= 4 is 11.8 Å². The number of hydrogen-bond acceptors (Lipinski definition) is 3. The number of rotatable bonds is 3.